The third-order valence-corrected chi connectivity index (χ3v) is 8.46. The second kappa shape index (κ2) is 12.0. The minimum absolute atomic E-state index is 0.0448. The van der Waals surface area contributed by atoms with Gasteiger partial charge in [0, 0.05) is 0 Å². The average molecular weight is 473 g/mol. The van der Waals surface area contributed by atoms with Gasteiger partial charge in [0.25, 0.3) is 0 Å². The van der Waals surface area contributed by atoms with Crippen molar-refractivity contribution >= 4 is 0 Å². The highest BCUT2D eigenvalue weighted by Crippen LogP contribution is 2.45. The fraction of sp³-hybridized carbons (Fsp3) is 0.786. The Morgan fingerprint density at radius 1 is 0.818 bits per heavy atom. The van der Waals surface area contributed by atoms with E-state index in [1.807, 2.05) is 0 Å². The van der Waals surface area contributed by atoms with Crippen LogP contribution in [0.3, 0.4) is 0 Å². The Morgan fingerprint density at radius 3 is 1.94 bits per heavy atom. The molecule has 2 aliphatic rings. The van der Waals surface area contributed by atoms with Gasteiger partial charge in [-0.3, -0.25) is 0 Å². The zero-order valence-corrected chi connectivity index (χ0v) is 20.2. The predicted molar refractivity (Wildman–Crippen MR) is 124 cm³/mol. The van der Waals surface area contributed by atoms with Gasteiger partial charge in [-0.25, -0.2) is 8.78 Å². The number of benzene rings is 1. The molecule has 0 heterocycles. The minimum atomic E-state index is -5.00. The van der Waals surface area contributed by atoms with E-state index in [0.717, 1.165) is 37.8 Å². The van der Waals surface area contributed by atoms with Crippen molar-refractivity contribution in [1.82, 2.24) is 0 Å². The molecule has 0 nitrogen and oxygen atoms in total. The molecule has 0 saturated heterocycles. The van der Waals surface area contributed by atoms with Crippen LogP contribution in [0.5, 0.6) is 0 Å². The molecule has 2 aliphatic carbocycles. The second-order valence-corrected chi connectivity index (χ2v) is 10.8. The molecule has 2 fully saturated rings. The molecule has 0 aromatic heterocycles. The zero-order valence-electron chi connectivity index (χ0n) is 20.2. The third kappa shape index (κ3) is 7.42. The minimum Gasteiger partial charge on any atom is -0.206 e. The van der Waals surface area contributed by atoms with E-state index < -0.39 is 23.4 Å². The Balaban J connectivity index is 1.43. The second-order valence-electron chi connectivity index (χ2n) is 10.8. The van der Waals surface area contributed by atoms with E-state index >= 15 is 0 Å². The number of alkyl halides is 3. The summed E-state index contributed by atoms with van der Waals surface area (Å²) in [4.78, 5) is 0. The lowest BCUT2D eigenvalue weighted by Gasteiger charge is -2.38. The molecule has 0 aliphatic heterocycles. The standard InChI is InChI=1S/C28H41F5/c1-2-3-6-15-27(16-7-4-8-17-27)18-9-5-10-21-11-13-22(14-12-21)23-19-24(29)26(25(30)20-23)28(31,32)33/h19-22H,2-18H2,1H3. The van der Waals surface area contributed by atoms with Crippen molar-refractivity contribution in [2.75, 3.05) is 0 Å². The van der Waals surface area contributed by atoms with Crippen LogP contribution >= 0.6 is 0 Å². The van der Waals surface area contributed by atoms with Gasteiger partial charge in [-0.15, -0.1) is 0 Å². The van der Waals surface area contributed by atoms with Gasteiger partial charge in [0.05, 0.1) is 0 Å². The van der Waals surface area contributed by atoms with Crippen molar-refractivity contribution in [1.29, 1.82) is 0 Å². The Morgan fingerprint density at radius 2 is 1.39 bits per heavy atom. The van der Waals surface area contributed by atoms with Crippen LogP contribution in [0.15, 0.2) is 12.1 Å². The molecular formula is C28H41F5. The fourth-order valence-corrected chi connectivity index (χ4v) is 6.49. The first-order valence-electron chi connectivity index (χ1n) is 13.3. The maximum atomic E-state index is 14.0. The smallest absolute Gasteiger partial charge is 0.206 e. The zero-order chi connectivity index (χ0) is 23.9. The van der Waals surface area contributed by atoms with Crippen LogP contribution in [-0.2, 0) is 6.18 Å². The molecule has 1 aromatic carbocycles. The van der Waals surface area contributed by atoms with E-state index in [1.54, 1.807) is 0 Å². The lowest BCUT2D eigenvalue weighted by atomic mass is 9.68. The Kier molecular flexibility index (Phi) is 9.64. The molecular weight excluding hydrogens is 431 g/mol. The van der Waals surface area contributed by atoms with Crippen molar-refractivity contribution < 1.29 is 22.0 Å². The molecule has 3 rings (SSSR count). The van der Waals surface area contributed by atoms with Crippen LogP contribution in [0, 0.1) is 23.0 Å². The van der Waals surface area contributed by atoms with E-state index in [9.17, 15) is 22.0 Å². The summed E-state index contributed by atoms with van der Waals surface area (Å²) in [5.41, 5.74) is -0.810. The summed E-state index contributed by atoms with van der Waals surface area (Å²) in [5, 5.41) is 0. The highest BCUT2D eigenvalue weighted by molar-refractivity contribution is 5.30. The van der Waals surface area contributed by atoms with E-state index in [2.05, 4.69) is 6.92 Å². The van der Waals surface area contributed by atoms with Crippen molar-refractivity contribution in [2.45, 2.75) is 128 Å². The highest BCUT2D eigenvalue weighted by Gasteiger charge is 2.38. The molecule has 0 atom stereocenters. The molecule has 188 valence electrons. The third-order valence-electron chi connectivity index (χ3n) is 8.46. The van der Waals surface area contributed by atoms with E-state index in [4.69, 9.17) is 0 Å². The van der Waals surface area contributed by atoms with Gasteiger partial charge in [-0.2, -0.15) is 13.2 Å². The number of hydrogen-bond acceptors (Lipinski definition) is 0. The van der Waals surface area contributed by atoms with Crippen molar-refractivity contribution in [3.63, 3.8) is 0 Å². The fourth-order valence-electron chi connectivity index (χ4n) is 6.49. The SMILES string of the molecule is CCCCCC1(CCCCC2CCC(c3cc(F)c(C(F)(F)F)c(F)c3)CC2)CCCCC1. The van der Waals surface area contributed by atoms with Gasteiger partial charge >= 0.3 is 6.18 Å². The Hall–Kier alpha value is -1.13. The van der Waals surface area contributed by atoms with Crippen LogP contribution in [0.2, 0.25) is 0 Å². The van der Waals surface area contributed by atoms with E-state index in [1.165, 1.54) is 83.5 Å². The van der Waals surface area contributed by atoms with Gasteiger partial charge in [0.2, 0.25) is 0 Å². The largest absolute Gasteiger partial charge is 0.422 e. The summed E-state index contributed by atoms with van der Waals surface area (Å²) in [7, 11) is 0. The first-order chi connectivity index (χ1) is 15.7. The van der Waals surface area contributed by atoms with Crippen LogP contribution in [0.25, 0.3) is 0 Å². The molecule has 2 saturated carbocycles. The average Bonchev–Trinajstić information content (AvgIpc) is 2.77. The summed E-state index contributed by atoms with van der Waals surface area (Å²) >= 11 is 0. The van der Waals surface area contributed by atoms with Crippen molar-refractivity contribution in [3.05, 3.63) is 34.9 Å². The predicted octanol–water partition coefficient (Wildman–Crippen LogP) is 10.3. The molecule has 1 aromatic rings. The van der Waals surface area contributed by atoms with Gasteiger partial charge in [-0.05, 0) is 86.3 Å². The maximum absolute atomic E-state index is 14.0. The summed E-state index contributed by atoms with van der Waals surface area (Å²) in [6.07, 6.45) is 16.1. The van der Waals surface area contributed by atoms with Gasteiger partial charge in [-0.1, -0.05) is 64.7 Å². The lowest BCUT2D eigenvalue weighted by Crippen LogP contribution is -2.24. The van der Waals surface area contributed by atoms with E-state index in [-0.39, 0.29) is 5.92 Å². The summed E-state index contributed by atoms with van der Waals surface area (Å²) < 4.78 is 66.4. The molecule has 0 unspecified atom stereocenters. The topological polar surface area (TPSA) is 0 Å². The summed E-state index contributed by atoms with van der Waals surface area (Å²) in [6, 6.07) is 1.80. The quantitative estimate of drug-likeness (QED) is 0.235. The molecule has 0 bridgehead atoms. The van der Waals surface area contributed by atoms with Crippen LogP contribution in [-0.4, -0.2) is 0 Å². The van der Waals surface area contributed by atoms with Crippen LogP contribution in [0.1, 0.15) is 133 Å². The van der Waals surface area contributed by atoms with Crippen LogP contribution < -0.4 is 0 Å². The molecule has 0 spiro atoms. The normalized spacial score (nSPS) is 23.6. The van der Waals surface area contributed by atoms with E-state index in [0.29, 0.717) is 16.9 Å². The summed E-state index contributed by atoms with van der Waals surface area (Å²) in [5.74, 6) is -2.39. The van der Waals surface area contributed by atoms with Crippen molar-refractivity contribution in [2.24, 2.45) is 11.3 Å². The molecule has 33 heavy (non-hydrogen) atoms. The first-order valence-corrected chi connectivity index (χ1v) is 13.3. The number of rotatable bonds is 10. The Labute approximate surface area is 196 Å². The van der Waals surface area contributed by atoms with Crippen molar-refractivity contribution in [3.8, 4) is 0 Å². The summed E-state index contributed by atoms with van der Waals surface area (Å²) in [6.45, 7) is 2.27. The van der Waals surface area contributed by atoms with Gasteiger partial charge < -0.3 is 0 Å². The molecule has 0 N–H and O–H groups in total. The Bertz CT molecular complexity index is 701. The number of unbranched alkanes of at least 4 members (excludes halogenated alkanes) is 3. The number of halogens is 5. The number of hydrogen-bond donors (Lipinski definition) is 0. The van der Waals surface area contributed by atoms with Gasteiger partial charge in [0.1, 0.15) is 17.2 Å². The monoisotopic (exact) mass is 472 g/mol. The molecule has 0 amide bonds. The van der Waals surface area contributed by atoms with Gasteiger partial charge in [0.15, 0.2) is 0 Å². The van der Waals surface area contributed by atoms with Crippen LogP contribution in [0.4, 0.5) is 22.0 Å². The molecule has 5 heteroatoms. The lowest BCUT2D eigenvalue weighted by molar-refractivity contribution is -0.142. The maximum Gasteiger partial charge on any atom is 0.422 e. The highest BCUT2D eigenvalue weighted by atomic mass is 19.4. The first kappa shape index (κ1) is 26.5. The molecule has 0 radical (unpaired) electrons.